The SMILES string of the molecule is CC(C)c1cnc(-c2ccccc2)nc1O. The van der Waals surface area contributed by atoms with E-state index in [2.05, 4.69) is 9.97 Å². The second-order valence-electron chi connectivity index (χ2n) is 3.99. The monoisotopic (exact) mass is 214 g/mol. The summed E-state index contributed by atoms with van der Waals surface area (Å²) in [4.78, 5) is 8.37. The maximum atomic E-state index is 9.77. The molecule has 3 nitrogen and oxygen atoms in total. The largest absolute Gasteiger partial charge is 0.493 e. The van der Waals surface area contributed by atoms with Gasteiger partial charge in [-0.3, -0.25) is 0 Å². The Kier molecular flexibility index (Phi) is 2.86. The summed E-state index contributed by atoms with van der Waals surface area (Å²) in [6.45, 7) is 4.00. The van der Waals surface area contributed by atoms with Gasteiger partial charge in [-0.2, -0.15) is 4.98 Å². The number of hydrogen-bond donors (Lipinski definition) is 1. The molecule has 0 atom stereocenters. The van der Waals surface area contributed by atoms with E-state index < -0.39 is 0 Å². The molecule has 0 amide bonds. The number of aromatic nitrogens is 2. The molecule has 1 aromatic carbocycles. The predicted molar refractivity (Wildman–Crippen MR) is 63.2 cm³/mol. The first-order chi connectivity index (χ1) is 7.68. The zero-order valence-corrected chi connectivity index (χ0v) is 9.38. The maximum absolute atomic E-state index is 9.77. The molecule has 2 aromatic rings. The molecule has 0 aliphatic rings. The van der Waals surface area contributed by atoms with Crippen molar-refractivity contribution in [1.82, 2.24) is 9.97 Å². The molecule has 0 saturated heterocycles. The van der Waals surface area contributed by atoms with Gasteiger partial charge in [0.25, 0.3) is 0 Å². The van der Waals surface area contributed by atoms with Crippen molar-refractivity contribution in [2.45, 2.75) is 19.8 Å². The Hall–Kier alpha value is -1.90. The van der Waals surface area contributed by atoms with E-state index in [0.717, 1.165) is 11.1 Å². The summed E-state index contributed by atoms with van der Waals surface area (Å²) in [5.41, 5.74) is 1.69. The summed E-state index contributed by atoms with van der Waals surface area (Å²) >= 11 is 0. The summed E-state index contributed by atoms with van der Waals surface area (Å²) in [5, 5.41) is 9.77. The highest BCUT2D eigenvalue weighted by molar-refractivity contribution is 5.55. The van der Waals surface area contributed by atoms with Gasteiger partial charge < -0.3 is 5.11 Å². The van der Waals surface area contributed by atoms with Crippen LogP contribution in [0.3, 0.4) is 0 Å². The molecule has 0 saturated carbocycles. The first-order valence-corrected chi connectivity index (χ1v) is 5.30. The summed E-state index contributed by atoms with van der Waals surface area (Å²) in [6, 6.07) is 9.62. The van der Waals surface area contributed by atoms with Gasteiger partial charge >= 0.3 is 0 Å². The van der Waals surface area contributed by atoms with Crippen LogP contribution >= 0.6 is 0 Å². The highest BCUT2D eigenvalue weighted by atomic mass is 16.3. The molecule has 16 heavy (non-hydrogen) atoms. The molecule has 0 bridgehead atoms. The third-order valence-corrected chi connectivity index (χ3v) is 2.45. The van der Waals surface area contributed by atoms with Crippen LogP contribution in [0.4, 0.5) is 0 Å². The van der Waals surface area contributed by atoms with Crippen LogP contribution < -0.4 is 0 Å². The summed E-state index contributed by atoms with van der Waals surface area (Å²) in [6.07, 6.45) is 1.69. The third-order valence-electron chi connectivity index (χ3n) is 2.45. The lowest BCUT2D eigenvalue weighted by atomic mass is 10.1. The van der Waals surface area contributed by atoms with Gasteiger partial charge in [0.2, 0.25) is 5.88 Å². The zero-order chi connectivity index (χ0) is 11.5. The Morgan fingerprint density at radius 1 is 1.12 bits per heavy atom. The van der Waals surface area contributed by atoms with Crippen molar-refractivity contribution in [2.75, 3.05) is 0 Å². The Morgan fingerprint density at radius 2 is 1.81 bits per heavy atom. The first kappa shape index (κ1) is 10.6. The van der Waals surface area contributed by atoms with Gasteiger partial charge in [-0.1, -0.05) is 44.2 Å². The second kappa shape index (κ2) is 4.31. The van der Waals surface area contributed by atoms with Gasteiger partial charge in [-0.05, 0) is 5.92 Å². The fourth-order valence-electron chi connectivity index (χ4n) is 1.52. The van der Waals surface area contributed by atoms with Crippen molar-refractivity contribution in [3.63, 3.8) is 0 Å². The minimum atomic E-state index is 0.0730. The number of nitrogens with zero attached hydrogens (tertiary/aromatic N) is 2. The lowest BCUT2D eigenvalue weighted by Crippen LogP contribution is -1.95. The normalized spacial score (nSPS) is 10.7. The predicted octanol–water partition coefficient (Wildman–Crippen LogP) is 2.97. The van der Waals surface area contributed by atoms with Gasteiger partial charge in [0.1, 0.15) is 0 Å². The van der Waals surface area contributed by atoms with Crippen LogP contribution in [0.1, 0.15) is 25.3 Å². The highest BCUT2D eigenvalue weighted by Gasteiger charge is 2.09. The molecule has 1 aromatic heterocycles. The minimum Gasteiger partial charge on any atom is -0.493 e. The van der Waals surface area contributed by atoms with Gasteiger partial charge in [-0.25, -0.2) is 4.98 Å². The van der Waals surface area contributed by atoms with Crippen molar-refractivity contribution in [2.24, 2.45) is 0 Å². The zero-order valence-electron chi connectivity index (χ0n) is 9.38. The van der Waals surface area contributed by atoms with E-state index in [1.54, 1.807) is 6.20 Å². The van der Waals surface area contributed by atoms with Gasteiger partial charge in [0, 0.05) is 17.3 Å². The lowest BCUT2D eigenvalue weighted by Gasteiger charge is -2.07. The molecule has 82 valence electrons. The first-order valence-electron chi connectivity index (χ1n) is 5.30. The number of benzene rings is 1. The van der Waals surface area contributed by atoms with Crippen LogP contribution in [-0.4, -0.2) is 15.1 Å². The summed E-state index contributed by atoms with van der Waals surface area (Å²) < 4.78 is 0. The molecule has 0 spiro atoms. The number of hydrogen-bond acceptors (Lipinski definition) is 3. The molecule has 3 heteroatoms. The lowest BCUT2D eigenvalue weighted by molar-refractivity contribution is 0.442. The number of aromatic hydroxyl groups is 1. The van der Waals surface area contributed by atoms with Crippen LogP contribution in [0.15, 0.2) is 36.5 Å². The Morgan fingerprint density at radius 3 is 2.38 bits per heavy atom. The smallest absolute Gasteiger partial charge is 0.217 e. The van der Waals surface area contributed by atoms with Gasteiger partial charge in [0.15, 0.2) is 5.82 Å². The molecule has 0 aliphatic carbocycles. The third kappa shape index (κ3) is 2.03. The summed E-state index contributed by atoms with van der Waals surface area (Å²) in [5.74, 6) is 0.858. The van der Waals surface area contributed by atoms with E-state index in [-0.39, 0.29) is 11.8 Å². The van der Waals surface area contributed by atoms with Gasteiger partial charge in [-0.15, -0.1) is 0 Å². The molecule has 1 N–H and O–H groups in total. The van der Waals surface area contributed by atoms with E-state index >= 15 is 0 Å². The molecule has 1 heterocycles. The Labute approximate surface area is 94.8 Å². The average Bonchev–Trinajstić information content (AvgIpc) is 2.29. The van der Waals surface area contributed by atoms with Crippen molar-refractivity contribution < 1.29 is 5.11 Å². The van der Waals surface area contributed by atoms with Gasteiger partial charge in [0.05, 0.1) is 0 Å². The van der Waals surface area contributed by atoms with E-state index in [0.29, 0.717) is 5.82 Å². The van der Waals surface area contributed by atoms with E-state index in [1.165, 1.54) is 0 Å². The van der Waals surface area contributed by atoms with Crippen LogP contribution in [-0.2, 0) is 0 Å². The minimum absolute atomic E-state index is 0.0730. The quantitative estimate of drug-likeness (QED) is 0.835. The van der Waals surface area contributed by atoms with Crippen molar-refractivity contribution in [1.29, 1.82) is 0 Å². The Bertz CT molecular complexity index is 481. The molecule has 0 radical (unpaired) electrons. The fraction of sp³-hybridized carbons (Fsp3) is 0.231. The number of rotatable bonds is 2. The standard InChI is InChI=1S/C13H14N2O/c1-9(2)11-8-14-12(15-13(11)16)10-6-4-3-5-7-10/h3-9H,1-2H3,(H,14,15,16). The van der Waals surface area contributed by atoms with Crippen molar-refractivity contribution in [3.05, 3.63) is 42.1 Å². The van der Waals surface area contributed by atoms with Crippen LogP contribution in [0.2, 0.25) is 0 Å². The molecular weight excluding hydrogens is 200 g/mol. The van der Waals surface area contributed by atoms with Crippen molar-refractivity contribution in [3.8, 4) is 17.3 Å². The van der Waals surface area contributed by atoms with E-state index in [4.69, 9.17) is 0 Å². The van der Waals surface area contributed by atoms with E-state index in [9.17, 15) is 5.11 Å². The summed E-state index contributed by atoms with van der Waals surface area (Å²) in [7, 11) is 0. The molecule has 2 rings (SSSR count). The van der Waals surface area contributed by atoms with Crippen LogP contribution in [0, 0.1) is 0 Å². The molecule has 0 fully saturated rings. The molecular formula is C13H14N2O. The van der Waals surface area contributed by atoms with Crippen molar-refractivity contribution >= 4 is 0 Å². The topological polar surface area (TPSA) is 46.0 Å². The van der Waals surface area contributed by atoms with Crippen LogP contribution in [0.25, 0.3) is 11.4 Å². The second-order valence-corrected chi connectivity index (χ2v) is 3.99. The average molecular weight is 214 g/mol. The molecule has 0 aliphatic heterocycles. The Balaban J connectivity index is 2.43. The molecule has 0 unspecified atom stereocenters. The van der Waals surface area contributed by atoms with E-state index in [1.807, 2.05) is 44.2 Å². The fourth-order valence-corrected chi connectivity index (χ4v) is 1.52. The highest BCUT2D eigenvalue weighted by Crippen LogP contribution is 2.24. The van der Waals surface area contributed by atoms with Crippen LogP contribution in [0.5, 0.6) is 5.88 Å². The maximum Gasteiger partial charge on any atom is 0.217 e.